The SMILES string of the molecule is O=C(c1c(F)ccc(NS(=O)C2CC2)c1F)c1c[nH]c2ncnc(NCC3CC3)c12. The van der Waals surface area contributed by atoms with Gasteiger partial charge in [0.15, 0.2) is 5.82 Å². The van der Waals surface area contributed by atoms with Gasteiger partial charge in [-0.3, -0.25) is 4.79 Å². The number of hydrogen-bond donors (Lipinski definition) is 3. The predicted octanol–water partition coefficient (Wildman–Crippen LogP) is 3.53. The van der Waals surface area contributed by atoms with Crippen molar-refractivity contribution >= 4 is 39.3 Å². The first-order chi connectivity index (χ1) is 14.5. The van der Waals surface area contributed by atoms with E-state index in [4.69, 9.17) is 0 Å². The van der Waals surface area contributed by atoms with E-state index in [0.29, 0.717) is 29.3 Å². The monoisotopic (exact) mass is 431 g/mol. The fourth-order valence-electron chi connectivity index (χ4n) is 3.29. The lowest BCUT2D eigenvalue weighted by Gasteiger charge is -2.11. The minimum absolute atomic E-state index is 0.0422. The molecule has 2 aliphatic carbocycles. The first-order valence-electron chi connectivity index (χ1n) is 9.79. The minimum Gasteiger partial charge on any atom is -0.369 e. The number of rotatable bonds is 8. The molecule has 5 rings (SSSR count). The van der Waals surface area contributed by atoms with Crippen LogP contribution in [0.15, 0.2) is 24.7 Å². The molecule has 1 unspecified atom stereocenters. The fraction of sp³-hybridized carbons (Fsp3) is 0.350. The molecular weight excluding hydrogens is 412 g/mol. The number of ketones is 1. The molecule has 0 amide bonds. The number of anilines is 2. The number of carbonyl (C=O) groups excluding carboxylic acids is 1. The summed E-state index contributed by atoms with van der Waals surface area (Å²) in [4.78, 5) is 24.4. The Hall–Kier alpha value is -2.88. The second kappa shape index (κ2) is 7.42. The van der Waals surface area contributed by atoms with E-state index >= 15 is 4.39 Å². The molecule has 3 N–H and O–H groups in total. The number of carbonyl (C=O) groups is 1. The van der Waals surface area contributed by atoms with Crippen molar-refractivity contribution in [3.05, 3.63) is 47.4 Å². The summed E-state index contributed by atoms with van der Waals surface area (Å²) in [5.41, 5.74) is -0.391. The number of aromatic nitrogens is 3. The number of fused-ring (bicyclic) bond motifs is 1. The van der Waals surface area contributed by atoms with E-state index in [0.717, 1.165) is 37.8 Å². The number of nitrogens with one attached hydrogen (secondary N) is 3. The summed E-state index contributed by atoms with van der Waals surface area (Å²) < 4.78 is 44.2. The lowest BCUT2D eigenvalue weighted by atomic mass is 10.0. The van der Waals surface area contributed by atoms with Gasteiger partial charge in [0.1, 0.15) is 34.6 Å². The van der Waals surface area contributed by atoms with Gasteiger partial charge in [-0.25, -0.2) is 23.0 Å². The molecule has 10 heteroatoms. The van der Waals surface area contributed by atoms with Crippen molar-refractivity contribution in [1.82, 2.24) is 15.0 Å². The van der Waals surface area contributed by atoms with E-state index in [-0.39, 0.29) is 16.5 Å². The van der Waals surface area contributed by atoms with E-state index in [1.165, 1.54) is 12.5 Å². The van der Waals surface area contributed by atoms with Crippen LogP contribution in [0, 0.1) is 17.6 Å². The molecule has 0 spiro atoms. The zero-order chi connectivity index (χ0) is 20.8. The molecule has 0 radical (unpaired) electrons. The first kappa shape index (κ1) is 19.1. The van der Waals surface area contributed by atoms with Crippen LogP contribution in [0.4, 0.5) is 20.3 Å². The third-order valence-corrected chi connectivity index (χ3v) is 6.82. The Morgan fingerprint density at radius 3 is 2.73 bits per heavy atom. The van der Waals surface area contributed by atoms with E-state index in [9.17, 15) is 13.4 Å². The summed E-state index contributed by atoms with van der Waals surface area (Å²) in [6, 6.07) is 2.16. The van der Waals surface area contributed by atoms with Crippen molar-refractivity contribution in [1.29, 1.82) is 0 Å². The maximum Gasteiger partial charge on any atom is 0.201 e. The highest BCUT2D eigenvalue weighted by molar-refractivity contribution is 7.87. The van der Waals surface area contributed by atoms with Crippen LogP contribution in [0.3, 0.4) is 0 Å². The Labute approximate surface area is 173 Å². The number of H-pyrrole nitrogens is 1. The van der Waals surface area contributed by atoms with Crippen LogP contribution in [0.25, 0.3) is 11.0 Å². The van der Waals surface area contributed by atoms with Gasteiger partial charge in [-0.1, -0.05) is 0 Å². The molecule has 0 aliphatic heterocycles. The third kappa shape index (κ3) is 3.55. The van der Waals surface area contributed by atoms with Crippen LogP contribution in [0.5, 0.6) is 0 Å². The van der Waals surface area contributed by atoms with Gasteiger partial charge < -0.3 is 15.0 Å². The average molecular weight is 431 g/mol. The summed E-state index contributed by atoms with van der Waals surface area (Å²) in [7, 11) is -1.47. The predicted molar refractivity (Wildman–Crippen MR) is 110 cm³/mol. The zero-order valence-corrected chi connectivity index (χ0v) is 16.7. The van der Waals surface area contributed by atoms with Crippen molar-refractivity contribution in [2.75, 3.05) is 16.6 Å². The topological polar surface area (TPSA) is 99.8 Å². The Morgan fingerprint density at radius 2 is 2.00 bits per heavy atom. The highest BCUT2D eigenvalue weighted by atomic mass is 32.2. The largest absolute Gasteiger partial charge is 0.369 e. The van der Waals surface area contributed by atoms with Crippen molar-refractivity contribution in [3.63, 3.8) is 0 Å². The quantitative estimate of drug-likeness (QED) is 0.474. The van der Waals surface area contributed by atoms with Crippen LogP contribution in [-0.2, 0) is 11.0 Å². The smallest absolute Gasteiger partial charge is 0.201 e. The number of nitrogens with zero attached hydrogens (tertiary/aromatic N) is 2. The average Bonchev–Trinajstić information content (AvgIpc) is 3.65. The van der Waals surface area contributed by atoms with Gasteiger partial charge in [-0.05, 0) is 43.7 Å². The number of hydrogen-bond acceptors (Lipinski definition) is 5. The summed E-state index contributed by atoms with van der Waals surface area (Å²) in [6.45, 7) is 0.708. The Kier molecular flexibility index (Phi) is 4.73. The zero-order valence-electron chi connectivity index (χ0n) is 15.9. The van der Waals surface area contributed by atoms with Gasteiger partial charge in [0.25, 0.3) is 0 Å². The molecule has 2 saturated carbocycles. The van der Waals surface area contributed by atoms with Gasteiger partial charge in [0, 0.05) is 12.7 Å². The van der Waals surface area contributed by atoms with Gasteiger partial charge >= 0.3 is 0 Å². The van der Waals surface area contributed by atoms with Crippen LogP contribution in [0.1, 0.15) is 41.6 Å². The number of aromatic amines is 1. The molecule has 0 bridgehead atoms. The van der Waals surface area contributed by atoms with E-state index in [2.05, 4.69) is 25.0 Å². The fourth-order valence-corrected chi connectivity index (χ4v) is 4.39. The molecule has 7 nitrogen and oxygen atoms in total. The van der Waals surface area contributed by atoms with Crippen LogP contribution in [0.2, 0.25) is 0 Å². The van der Waals surface area contributed by atoms with E-state index < -0.39 is 34.0 Å². The third-order valence-electron chi connectivity index (χ3n) is 5.33. The molecular formula is C20H19F2N5O2S. The van der Waals surface area contributed by atoms with E-state index in [1.54, 1.807) is 0 Å². The highest BCUT2D eigenvalue weighted by Crippen LogP contribution is 2.33. The van der Waals surface area contributed by atoms with Gasteiger partial charge in [0.2, 0.25) is 5.78 Å². The molecule has 2 aliphatic rings. The maximum absolute atomic E-state index is 15.1. The molecule has 2 fully saturated rings. The Morgan fingerprint density at radius 1 is 1.20 bits per heavy atom. The molecule has 2 aromatic heterocycles. The van der Waals surface area contributed by atoms with Crippen molar-refractivity contribution in [2.24, 2.45) is 5.92 Å². The molecule has 1 aromatic carbocycles. The van der Waals surface area contributed by atoms with Gasteiger partial charge in [0.05, 0.1) is 27.5 Å². The lowest BCUT2D eigenvalue weighted by Crippen LogP contribution is -2.14. The van der Waals surface area contributed by atoms with Crippen molar-refractivity contribution < 1.29 is 17.8 Å². The van der Waals surface area contributed by atoms with Crippen molar-refractivity contribution in [2.45, 2.75) is 30.9 Å². The normalized spacial score (nSPS) is 17.1. The molecule has 156 valence electrons. The summed E-state index contributed by atoms with van der Waals surface area (Å²) in [6.07, 6.45) is 6.60. The minimum atomic E-state index is -1.47. The van der Waals surface area contributed by atoms with E-state index in [1.807, 2.05) is 0 Å². The second-order valence-electron chi connectivity index (χ2n) is 7.68. The molecule has 3 aromatic rings. The maximum atomic E-state index is 15.1. The van der Waals surface area contributed by atoms with Gasteiger partial charge in [-0.2, -0.15) is 0 Å². The highest BCUT2D eigenvalue weighted by Gasteiger charge is 2.31. The Balaban J connectivity index is 1.52. The first-order valence-corrected chi connectivity index (χ1v) is 11.0. The number of benzene rings is 1. The summed E-state index contributed by atoms with van der Waals surface area (Å²) in [5, 5.41) is 3.55. The Bertz CT molecular complexity index is 1170. The molecule has 2 heterocycles. The summed E-state index contributed by atoms with van der Waals surface area (Å²) in [5.74, 6) is -1.87. The molecule has 0 saturated heterocycles. The summed E-state index contributed by atoms with van der Waals surface area (Å²) >= 11 is 0. The molecule has 1 atom stereocenters. The van der Waals surface area contributed by atoms with Gasteiger partial charge in [-0.15, -0.1) is 0 Å². The number of halogens is 2. The standard InChI is InChI=1S/C20H19F2N5O2S/c21-13-5-6-14(27-30(29)11-3-4-11)17(22)16(13)18(28)12-8-24-20-15(12)19(25-9-26-20)23-7-10-1-2-10/h5-6,8-11,27H,1-4,7H2,(H2,23,24,25,26). The lowest BCUT2D eigenvalue weighted by molar-refractivity contribution is 0.103. The molecule has 30 heavy (non-hydrogen) atoms. The second-order valence-corrected chi connectivity index (χ2v) is 9.15. The van der Waals surface area contributed by atoms with Crippen molar-refractivity contribution in [3.8, 4) is 0 Å². The van der Waals surface area contributed by atoms with Crippen LogP contribution < -0.4 is 10.0 Å². The van der Waals surface area contributed by atoms with Crippen LogP contribution >= 0.6 is 0 Å². The van der Waals surface area contributed by atoms with Crippen LogP contribution in [-0.4, -0.2) is 36.7 Å².